The maximum atomic E-state index is 11.5. The molecule has 0 aliphatic rings. The Balaban J connectivity index is 2.28. The van der Waals surface area contributed by atoms with Crippen LogP contribution in [0.15, 0.2) is 22.7 Å². The molecule has 0 spiro atoms. The SMILES string of the molecule is CCOC(=O)CCNC(=O)COc1ccc(C)cc1Br. The zero-order valence-corrected chi connectivity index (χ0v) is 13.2. The number of amides is 1. The molecule has 110 valence electrons. The molecule has 0 aliphatic carbocycles. The highest BCUT2D eigenvalue weighted by Gasteiger charge is 2.07. The maximum absolute atomic E-state index is 11.5. The second-order valence-corrected chi connectivity index (χ2v) is 4.98. The number of esters is 1. The Morgan fingerprint density at radius 1 is 1.35 bits per heavy atom. The lowest BCUT2D eigenvalue weighted by molar-refractivity contribution is -0.143. The summed E-state index contributed by atoms with van der Waals surface area (Å²) in [6.45, 7) is 4.21. The molecule has 0 bridgehead atoms. The number of rotatable bonds is 7. The molecule has 20 heavy (non-hydrogen) atoms. The topological polar surface area (TPSA) is 64.6 Å². The molecule has 0 aromatic heterocycles. The van der Waals surface area contributed by atoms with Crippen LogP contribution in [0.5, 0.6) is 5.75 Å². The molecule has 0 radical (unpaired) electrons. The van der Waals surface area contributed by atoms with Crippen molar-refractivity contribution in [1.82, 2.24) is 5.32 Å². The second kappa shape index (κ2) is 8.58. The molecule has 1 rings (SSSR count). The number of hydrogen-bond donors (Lipinski definition) is 1. The van der Waals surface area contributed by atoms with Crippen LogP contribution in [-0.2, 0) is 14.3 Å². The van der Waals surface area contributed by atoms with Gasteiger partial charge in [0, 0.05) is 6.54 Å². The summed E-state index contributed by atoms with van der Waals surface area (Å²) in [6.07, 6.45) is 0.161. The molecule has 5 nitrogen and oxygen atoms in total. The van der Waals surface area contributed by atoms with Gasteiger partial charge in [-0.25, -0.2) is 0 Å². The van der Waals surface area contributed by atoms with Crippen molar-refractivity contribution < 1.29 is 19.1 Å². The highest BCUT2D eigenvalue weighted by atomic mass is 79.9. The van der Waals surface area contributed by atoms with Gasteiger partial charge in [0.25, 0.3) is 5.91 Å². The largest absolute Gasteiger partial charge is 0.483 e. The van der Waals surface area contributed by atoms with Crippen molar-refractivity contribution in [2.24, 2.45) is 0 Å². The van der Waals surface area contributed by atoms with E-state index in [1.807, 2.05) is 19.1 Å². The van der Waals surface area contributed by atoms with Crippen LogP contribution in [-0.4, -0.2) is 31.6 Å². The normalized spacial score (nSPS) is 9.95. The van der Waals surface area contributed by atoms with Gasteiger partial charge >= 0.3 is 5.97 Å². The van der Waals surface area contributed by atoms with E-state index >= 15 is 0 Å². The molecule has 1 aromatic carbocycles. The Hall–Kier alpha value is -1.56. The maximum Gasteiger partial charge on any atom is 0.307 e. The first-order chi connectivity index (χ1) is 9.52. The van der Waals surface area contributed by atoms with Crippen LogP contribution in [0.3, 0.4) is 0 Å². The van der Waals surface area contributed by atoms with Crippen molar-refractivity contribution in [3.63, 3.8) is 0 Å². The number of carbonyl (C=O) groups is 2. The van der Waals surface area contributed by atoms with Crippen molar-refractivity contribution in [3.8, 4) is 5.75 Å². The molecule has 6 heteroatoms. The minimum Gasteiger partial charge on any atom is -0.483 e. The van der Waals surface area contributed by atoms with Crippen molar-refractivity contribution in [2.75, 3.05) is 19.8 Å². The average Bonchev–Trinajstić information content (AvgIpc) is 2.38. The predicted octanol–water partition coefficient (Wildman–Crippen LogP) is 2.21. The summed E-state index contributed by atoms with van der Waals surface area (Å²) in [5, 5.41) is 2.59. The zero-order valence-electron chi connectivity index (χ0n) is 11.6. The third-order valence-corrected chi connectivity index (χ3v) is 3.02. The fourth-order valence-corrected chi connectivity index (χ4v) is 2.06. The molecular formula is C14H18BrNO4. The van der Waals surface area contributed by atoms with E-state index in [-0.39, 0.29) is 31.4 Å². The summed E-state index contributed by atoms with van der Waals surface area (Å²) < 4.78 is 10.9. The second-order valence-electron chi connectivity index (χ2n) is 4.13. The van der Waals surface area contributed by atoms with Gasteiger partial charge in [-0.2, -0.15) is 0 Å². The van der Waals surface area contributed by atoms with Gasteiger partial charge in [-0.3, -0.25) is 9.59 Å². The van der Waals surface area contributed by atoms with Crippen LogP contribution in [0.1, 0.15) is 18.9 Å². The quantitative estimate of drug-likeness (QED) is 0.771. The minimum absolute atomic E-state index is 0.0928. The van der Waals surface area contributed by atoms with Gasteiger partial charge in [0.2, 0.25) is 0 Å². The predicted molar refractivity (Wildman–Crippen MR) is 78.6 cm³/mol. The lowest BCUT2D eigenvalue weighted by Gasteiger charge is -2.09. The zero-order chi connectivity index (χ0) is 15.0. The molecule has 0 heterocycles. The summed E-state index contributed by atoms with van der Waals surface area (Å²) in [7, 11) is 0. The van der Waals surface area contributed by atoms with Gasteiger partial charge in [0.1, 0.15) is 5.75 Å². The van der Waals surface area contributed by atoms with Crippen LogP contribution >= 0.6 is 15.9 Å². The summed E-state index contributed by atoms with van der Waals surface area (Å²) in [5.74, 6) is 0.00733. The van der Waals surface area contributed by atoms with Crippen LogP contribution < -0.4 is 10.1 Å². The van der Waals surface area contributed by atoms with E-state index in [0.29, 0.717) is 12.4 Å². The van der Waals surface area contributed by atoms with E-state index in [9.17, 15) is 9.59 Å². The van der Waals surface area contributed by atoms with E-state index in [1.165, 1.54) is 0 Å². The van der Waals surface area contributed by atoms with Crippen molar-refractivity contribution in [2.45, 2.75) is 20.3 Å². The van der Waals surface area contributed by atoms with Gasteiger partial charge in [-0.05, 0) is 47.5 Å². The van der Waals surface area contributed by atoms with Gasteiger partial charge in [-0.1, -0.05) is 6.07 Å². The fraction of sp³-hybridized carbons (Fsp3) is 0.429. The Morgan fingerprint density at radius 3 is 2.75 bits per heavy atom. The molecule has 0 saturated carbocycles. The molecule has 0 fully saturated rings. The summed E-state index contributed by atoms with van der Waals surface area (Å²) in [5.41, 5.74) is 1.10. The van der Waals surface area contributed by atoms with Crippen LogP contribution in [0.25, 0.3) is 0 Å². The molecule has 1 aromatic rings. The third kappa shape index (κ3) is 6.06. The van der Waals surface area contributed by atoms with Crippen LogP contribution in [0.2, 0.25) is 0 Å². The third-order valence-electron chi connectivity index (χ3n) is 2.40. The van der Waals surface area contributed by atoms with Crippen molar-refractivity contribution in [1.29, 1.82) is 0 Å². The van der Waals surface area contributed by atoms with E-state index in [2.05, 4.69) is 21.2 Å². The number of carbonyl (C=O) groups excluding carboxylic acids is 2. The number of ether oxygens (including phenoxy) is 2. The lowest BCUT2D eigenvalue weighted by atomic mass is 10.2. The van der Waals surface area contributed by atoms with Gasteiger partial charge < -0.3 is 14.8 Å². The van der Waals surface area contributed by atoms with Gasteiger partial charge in [0.05, 0.1) is 17.5 Å². The number of benzene rings is 1. The highest BCUT2D eigenvalue weighted by Crippen LogP contribution is 2.25. The smallest absolute Gasteiger partial charge is 0.307 e. The number of aryl methyl sites for hydroxylation is 1. The summed E-state index contributed by atoms with van der Waals surface area (Å²) in [4.78, 5) is 22.6. The monoisotopic (exact) mass is 343 g/mol. The molecule has 0 aliphatic heterocycles. The van der Waals surface area contributed by atoms with Crippen molar-refractivity contribution >= 4 is 27.8 Å². The fourth-order valence-electron chi connectivity index (χ4n) is 1.45. The first kappa shape index (κ1) is 16.5. The number of hydrogen-bond acceptors (Lipinski definition) is 4. The lowest BCUT2D eigenvalue weighted by Crippen LogP contribution is -2.31. The van der Waals surface area contributed by atoms with E-state index in [1.54, 1.807) is 13.0 Å². The van der Waals surface area contributed by atoms with Crippen LogP contribution in [0, 0.1) is 6.92 Å². The van der Waals surface area contributed by atoms with Crippen molar-refractivity contribution in [3.05, 3.63) is 28.2 Å². The molecule has 1 amide bonds. The first-order valence-corrected chi connectivity index (χ1v) is 7.13. The Kier molecular flexibility index (Phi) is 7.08. The standard InChI is InChI=1S/C14H18BrNO4/c1-3-19-14(18)6-7-16-13(17)9-20-12-5-4-10(2)8-11(12)15/h4-5,8H,3,6-7,9H2,1-2H3,(H,16,17). The average molecular weight is 344 g/mol. The summed E-state index contributed by atoms with van der Waals surface area (Å²) in [6, 6.07) is 5.61. The Bertz CT molecular complexity index is 476. The van der Waals surface area contributed by atoms with Gasteiger partial charge in [0.15, 0.2) is 6.61 Å². The van der Waals surface area contributed by atoms with E-state index in [4.69, 9.17) is 9.47 Å². The Morgan fingerprint density at radius 2 is 2.10 bits per heavy atom. The van der Waals surface area contributed by atoms with Crippen LogP contribution in [0.4, 0.5) is 0 Å². The highest BCUT2D eigenvalue weighted by molar-refractivity contribution is 9.10. The molecular weight excluding hydrogens is 326 g/mol. The first-order valence-electron chi connectivity index (χ1n) is 6.34. The summed E-state index contributed by atoms with van der Waals surface area (Å²) >= 11 is 3.37. The Labute approximate surface area is 126 Å². The molecule has 0 unspecified atom stereocenters. The molecule has 0 atom stereocenters. The molecule has 0 saturated heterocycles. The number of halogens is 1. The van der Waals surface area contributed by atoms with E-state index < -0.39 is 0 Å². The molecule has 1 N–H and O–H groups in total. The number of nitrogens with one attached hydrogen (secondary N) is 1. The van der Waals surface area contributed by atoms with E-state index in [0.717, 1.165) is 10.0 Å². The minimum atomic E-state index is -0.324. The van der Waals surface area contributed by atoms with Gasteiger partial charge in [-0.15, -0.1) is 0 Å².